The Balaban J connectivity index is 2.00. The Labute approximate surface area is 199 Å². The standard InChI is InChI=1S/C24H19BrN2O5S/c1-32-18-8-10-19(11-9-18)33(30,31)27(15-16-5-3-2-4-6-16)23-20-12-7-17(25)13-22(20)26-14-21(23)24(28)29/h2-14H,15H2,1H3,(H,28,29). The van der Waals surface area contributed by atoms with Crippen LogP contribution < -0.4 is 9.04 Å². The van der Waals surface area contributed by atoms with Crippen molar-refractivity contribution in [2.24, 2.45) is 0 Å². The second-order valence-corrected chi connectivity index (χ2v) is 9.94. The third kappa shape index (κ3) is 4.55. The molecule has 0 atom stereocenters. The smallest absolute Gasteiger partial charge is 0.339 e. The quantitative estimate of drug-likeness (QED) is 0.359. The molecule has 1 N–H and O–H groups in total. The van der Waals surface area contributed by atoms with Crippen LogP contribution in [0.4, 0.5) is 5.69 Å². The van der Waals surface area contributed by atoms with E-state index < -0.39 is 16.0 Å². The lowest BCUT2D eigenvalue weighted by Crippen LogP contribution is -2.32. The topological polar surface area (TPSA) is 96.8 Å². The Morgan fingerprint density at radius 1 is 1.06 bits per heavy atom. The molecule has 4 rings (SSSR count). The number of fused-ring (bicyclic) bond motifs is 1. The first-order valence-corrected chi connectivity index (χ1v) is 12.1. The number of aromatic carboxylic acids is 1. The normalized spacial score (nSPS) is 11.3. The molecule has 0 spiro atoms. The monoisotopic (exact) mass is 526 g/mol. The van der Waals surface area contributed by atoms with Crippen molar-refractivity contribution < 1.29 is 23.1 Å². The maximum atomic E-state index is 13.9. The first-order chi connectivity index (χ1) is 15.8. The van der Waals surface area contributed by atoms with Gasteiger partial charge in [-0.3, -0.25) is 9.29 Å². The van der Waals surface area contributed by atoms with Gasteiger partial charge in [0.1, 0.15) is 11.3 Å². The fourth-order valence-corrected chi connectivity index (χ4v) is 5.33. The Morgan fingerprint density at radius 2 is 1.76 bits per heavy atom. The second-order valence-electron chi connectivity index (χ2n) is 7.16. The molecule has 0 fully saturated rings. The molecule has 0 amide bonds. The van der Waals surface area contributed by atoms with Gasteiger partial charge in [-0.05, 0) is 48.0 Å². The predicted octanol–water partition coefficient (Wildman–Crippen LogP) is 5.10. The van der Waals surface area contributed by atoms with Gasteiger partial charge >= 0.3 is 5.97 Å². The van der Waals surface area contributed by atoms with E-state index in [9.17, 15) is 18.3 Å². The molecule has 1 aromatic heterocycles. The zero-order valence-corrected chi connectivity index (χ0v) is 19.9. The molecule has 0 aliphatic heterocycles. The van der Waals surface area contributed by atoms with E-state index in [2.05, 4.69) is 20.9 Å². The van der Waals surface area contributed by atoms with Gasteiger partial charge in [-0.1, -0.05) is 46.3 Å². The summed E-state index contributed by atoms with van der Waals surface area (Å²) in [5.74, 6) is -0.765. The van der Waals surface area contributed by atoms with E-state index in [1.165, 1.54) is 25.4 Å². The second kappa shape index (κ2) is 9.21. The van der Waals surface area contributed by atoms with Crippen LogP contribution in [0.25, 0.3) is 10.9 Å². The van der Waals surface area contributed by atoms with Gasteiger partial charge in [0.2, 0.25) is 0 Å². The van der Waals surface area contributed by atoms with Crippen molar-refractivity contribution in [2.45, 2.75) is 11.4 Å². The summed E-state index contributed by atoms with van der Waals surface area (Å²) in [6.07, 6.45) is 1.19. The van der Waals surface area contributed by atoms with Crippen molar-refractivity contribution in [2.75, 3.05) is 11.4 Å². The molecule has 0 saturated carbocycles. The zero-order chi connectivity index (χ0) is 23.6. The molecule has 9 heteroatoms. The molecule has 0 radical (unpaired) electrons. The predicted molar refractivity (Wildman–Crippen MR) is 129 cm³/mol. The minimum absolute atomic E-state index is 0.0117. The summed E-state index contributed by atoms with van der Waals surface area (Å²) in [6.45, 7) is -0.0648. The van der Waals surface area contributed by atoms with Crippen LogP contribution in [0.15, 0.2) is 88.4 Å². The number of anilines is 1. The highest BCUT2D eigenvalue weighted by molar-refractivity contribution is 9.10. The molecule has 0 unspecified atom stereocenters. The van der Waals surface area contributed by atoms with Crippen LogP contribution in [0.5, 0.6) is 5.75 Å². The van der Waals surface area contributed by atoms with Crippen molar-refractivity contribution in [1.82, 2.24) is 4.98 Å². The number of carboxylic acid groups (broad SMARTS) is 1. The van der Waals surface area contributed by atoms with Crippen LogP contribution in [0.2, 0.25) is 0 Å². The molecule has 3 aromatic carbocycles. The number of aromatic nitrogens is 1. The lowest BCUT2D eigenvalue weighted by atomic mass is 10.1. The Bertz CT molecular complexity index is 1420. The molecule has 0 aliphatic carbocycles. The molecule has 4 aromatic rings. The first kappa shape index (κ1) is 22.8. The van der Waals surface area contributed by atoms with E-state index in [-0.39, 0.29) is 22.7 Å². The molecule has 168 valence electrons. The minimum atomic E-state index is -4.16. The number of benzene rings is 3. The van der Waals surface area contributed by atoms with Crippen molar-refractivity contribution in [3.63, 3.8) is 0 Å². The number of rotatable bonds is 7. The van der Waals surface area contributed by atoms with E-state index in [1.54, 1.807) is 54.6 Å². The molecule has 0 bridgehead atoms. The first-order valence-electron chi connectivity index (χ1n) is 9.83. The van der Waals surface area contributed by atoms with Gasteiger partial charge in [-0.15, -0.1) is 0 Å². The number of halogens is 1. The van der Waals surface area contributed by atoms with Gasteiger partial charge in [-0.25, -0.2) is 13.2 Å². The van der Waals surface area contributed by atoms with Crippen molar-refractivity contribution in [3.8, 4) is 5.75 Å². The number of hydrogen-bond donors (Lipinski definition) is 1. The lowest BCUT2D eigenvalue weighted by Gasteiger charge is -2.27. The highest BCUT2D eigenvalue weighted by atomic mass is 79.9. The van der Waals surface area contributed by atoms with Crippen LogP contribution in [0, 0.1) is 0 Å². The van der Waals surface area contributed by atoms with Gasteiger partial charge in [0, 0.05) is 16.1 Å². The summed E-state index contributed by atoms with van der Waals surface area (Å²) in [5, 5.41) is 10.3. The summed E-state index contributed by atoms with van der Waals surface area (Å²) < 4.78 is 34.8. The molecule has 33 heavy (non-hydrogen) atoms. The third-order valence-corrected chi connectivity index (χ3v) is 7.35. The van der Waals surface area contributed by atoms with Gasteiger partial charge in [-0.2, -0.15) is 0 Å². The Morgan fingerprint density at radius 3 is 2.39 bits per heavy atom. The van der Waals surface area contributed by atoms with E-state index in [0.29, 0.717) is 22.2 Å². The molecular formula is C24H19BrN2O5S. The SMILES string of the molecule is COc1ccc(S(=O)(=O)N(Cc2ccccc2)c2c(C(=O)O)cnc3cc(Br)ccc23)cc1. The van der Waals surface area contributed by atoms with E-state index in [4.69, 9.17) is 4.74 Å². The average molecular weight is 527 g/mol. The fraction of sp³-hybridized carbons (Fsp3) is 0.0833. The van der Waals surface area contributed by atoms with Gasteiger partial charge in [0.05, 0.1) is 29.8 Å². The summed E-state index contributed by atoms with van der Waals surface area (Å²) in [7, 11) is -2.67. The number of carbonyl (C=O) groups is 1. The number of sulfonamides is 1. The largest absolute Gasteiger partial charge is 0.497 e. The Hall–Kier alpha value is -3.43. The average Bonchev–Trinajstić information content (AvgIpc) is 2.82. The van der Waals surface area contributed by atoms with Crippen molar-refractivity contribution in [1.29, 1.82) is 0 Å². The van der Waals surface area contributed by atoms with Crippen LogP contribution in [0.3, 0.4) is 0 Å². The third-order valence-electron chi connectivity index (χ3n) is 5.10. The lowest BCUT2D eigenvalue weighted by molar-refractivity contribution is 0.0697. The number of methoxy groups -OCH3 is 1. The number of pyridine rings is 1. The van der Waals surface area contributed by atoms with Gasteiger partial charge in [0.15, 0.2) is 0 Å². The number of hydrogen-bond acceptors (Lipinski definition) is 5. The van der Waals surface area contributed by atoms with Crippen molar-refractivity contribution in [3.05, 3.63) is 94.6 Å². The molecule has 0 saturated heterocycles. The zero-order valence-electron chi connectivity index (χ0n) is 17.5. The van der Waals surface area contributed by atoms with Crippen LogP contribution >= 0.6 is 15.9 Å². The summed E-state index contributed by atoms with van der Waals surface area (Å²) in [4.78, 5) is 16.4. The molecule has 7 nitrogen and oxygen atoms in total. The van der Waals surface area contributed by atoms with Crippen molar-refractivity contribution >= 4 is 48.5 Å². The number of ether oxygens (including phenoxy) is 1. The fourth-order valence-electron chi connectivity index (χ4n) is 3.49. The summed E-state index contributed by atoms with van der Waals surface area (Å²) >= 11 is 3.38. The number of nitrogens with zero attached hydrogens (tertiary/aromatic N) is 2. The highest BCUT2D eigenvalue weighted by Crippen LogP contribution is 2.36. The maximum absolute atomic E-state index is 13.9. The maximum Gasteiger partial charge on any atom is 0.339 e. The molecule has 0 aliphatic rings. The van der Waals surface area contributed by atoms with Gasteiger partial charge in [0.25, 0.3) is 10.0 Å². The van der Waals surface area contributed by atoms with E-state index in [1.807, 2.05) is 6.07 Å². The molecule has 1 heterocycles. The van der Waals surface area contributed by atoms with Crippen LogP contribution in [-0.2, 0) is 16.6 Å². The van der Waals surface area contributed by atoms with Crippen LogP contribution in [0.1, 0.15) is 15.9 Å². The van der Waals surface area contributed by atoms with Crippen LogP contribution in [-0.4, -0.2) is 31.6 Å². The summed E-state index contributed by atoms with van der Waals surface area (Å²) in [5.41, 5.74) is 1.01. The summed E-state index contributed by atoms with van der Waals surface area (Å²) in [6, 6.07) is 20.1. The Kier molecular flexibility index (Phi) is 6.35. The highest BCUT2D eigenvalue weighted by Gasteiger charge is 2.31. The van der Waals surface area contributed by atoms with E-state index in [0.717, 1.165) is 8.78 Å². The minimum Gasteiger partial charge on any atom is -0.497 e. The molecular weight excluding hydrogens is 508 g/mol. The number of carboxylic acids is 1. The van der Waals surface area contributed by atoms with Gasteiger partial charge < -0.3 is 9.84 Å². The van der Waals surface area contributed by atoms with E-state index >= 15 is 0 Å².